The van der Waals surface area contributed by atoms with E-state index in [1.807, 2.05) is 0 Å². The Morgan fingerprint density at radius 2 is 1.44 bits per heavy atom. The molecule has 0 fully saturated rings. The van der Waals surface area contributed by atoms with E-state index in [0.717, 1.165) is 0 Å². The van der Waals surface area contributed by atoms with Crippen LogP contribution in [0.25, 0.3) is 6.08 Å². The number of carbonyl (C=O) groups excluding carboxylic acids is 2. The molecule has 0 aromatic heterocycles. The van der Waals surface area contributed by atoms with Gasteiger partial charge in [0.2, 0.25) is 11.5 Å². The van der Waals surface area contributed by atoms with Crippen LogP contribution in [0.3, 0.4) is 0 Å². The molecule has 1 aliphatic rings. The highest BCUT2D eigenvalue weighted by atomic mass is 16.5. The quantitative estimate of drug-likeness (QED) is 0.287. The smallest absolute Gasteiger partial charge is 0.343 e. The van der Waals surface area contributed by atoms with Crippen molar-refractivity contribution in [3.8, 4) is 34.5 Å². The highest BCUT2D eigenvalue weighted by molar-refractivity contribution is 6.14. The van der Waals surface area contributed by atoms with Gasteiger partial charge in [0, 0.05) is 6.07 Å². The molecule has 0 saturated heterocycles. The molecule has 3 aromatic carbocycles. The van der Waals surface area contributed by atoms with E-state index in [-0.39, 0.29) is 17.1 Å². The van der Waals surface area contributed by atoms with Crippen LogP contribution >= 0.6 is 0 Å². The van der Waals surface area contributed by atoms with Gasteiger partial charge in [-0.15, -0.1) is 0 Å². The van der Waals surface area contributed by atoms with Gasteiger partial charge in [-0.05, 0) is 48.0 Å². The molecule has 1 aliphatic heterocycles. The summed E-state index contributed by atoms with van der Waals surface area (Å²) in [6, 6.07) is 14.7. The first-order chi connectivity index (χ1) is 16.5. The number of hydrogen-bond donors (Lipinski definition) is 0. The highest BCUT2D eigenvalue weighted by Crippen LogP contribution is 2.38. The molecule has 0 amide bonds. The Bertz CT molecular complexity index is 1250. The van der Waals surface area contributed by atoms with Crippen LogP contribution in [0.2, 0.25) is 0 Å². The molecule has 4 rings (SSSR count). The van der Waals surface area contributed by atoms with E-state index in [9.17, 15) is 9.59 Å². The zero-order valence-electron chi connectivity index (χ0n) is 19.0. The molecule has 0 atom stereocenters. The summed E-state index contributed by atoms with van der Waals surface area (Å²) in [5.41, 5.74) is 1.41. The Balaban J connectivity index is 1.50. The largest absolute Gasteiger partial charge is 0.497 e. The SMILES string of the molecule is COc1ccc2c(c1)O/C(=C\c1ccc(OC(=O)c3cc(OC)c(OC)c(OC)c3)cc1)C2=O. The van der Waals surface area contributed by atoms with Crippen LogP contribution in [0.15, 0.2) is 60.4 Å². The molecular formula is C26H22O8. The molecule has 34 heavy (non-hydrogen) atoms. The summed E-state index contributed by atoms with van der Waals surface area (Å²) in [7, 11) is 5.96. The summed E-state index contributed by atoms with van der Waals surface area (Å²) in [6.07, 6.45) is 1.62. The average molecular weight is 462 g/mol. The number of Topliss-reactive ketones (excluding diaryl/α,β-unsaturated/α-hetero) is 1. The number of hydrogen-bond acceptors (Lipinski definition) is 8. The van der Waals surface area contributed by atoms with Gasteiger partial charge in [0.15, 0.2) is 17.3 Å². The number of carbonyl (C=O) groups is 2. The lowest BCUT2D eigenvalue weighted by Gasteiger charge is -2.13. The molecule has 0 N–H and O–H groups in total. The Morgan fingerprint density at radius 3 is 2.03 bits per heavy atom. The summed E-state index contributed by atoms with van der Waals surface area (Å²) in [6.45, 7) is 0. The first kappa shape index (κ1) is 22.7. The standard InChI is InChI=1S/C26H22O8/c1-29-18-9-10-19-20(14-18)34-21(24(19)27)11-15-5-7-17(8-6-15)33-26(28)16-12-22(30-2)25(32-4)23(13-16)31-3/h5-14H,1-4H3/b21-11-. The molecule has 0 radical (unpaired) electrons. The number of rotatable bonds is 7. The van der Waals surface area contributed by atoms with Crippen molar-refractivity contribution in [2.75, 3.05) is 28.4 Å². The molecule has 3 aromatic rings. The average Bonchev–Trinajstić information content (AvgIpc) is 3.18. The minimum absolute atomic E-state index is 0.199. The maximum absolute atomic E-state index is 12.7. The Labute approximate surface area is 196 Å². The van der Waals surface area contributed by atoms with Crippen LogP contribution in [0, 0.1) is 0 Å². The van der Waals surface area contributed by atoms with Crippen molar-refractivity contribution < 1.29 is 38.0 Å². The fourth-order valence-corrected chi connectivity index (χ4v) is 3.44. The maximum atomic E-state index is 12.7. The van der Waals surface area contributed by atoms with Crippen molar-refractivity contribution in [2.24, 2.45) is 0 Å². The fraction of sp³-hybridized carbons (Fsp3) is 0.154. The predicted molar refractivity (Wildman–Crippen MR) is 123 cm³/mol. The van der Waals surface area contributed by atoms with Gasteiger partial charge in [0.05, 0.1) is 39.6 Å². The molecule has 0 unspecified atom stereocenters. The van der Waals surface area contributed by atoms with Crippen molar-refractivity contribution in [1.29, 1.82) is 0 Å². The second kappa shape index (κ2) is 9.58. The second-order valence-electron chi connectivity index (χ2n) is 7.17. The number of ketones is 1. The Hall–Kier alpha value is -4.46. The molecule has 174 valence electrons. The lowest BCUT2D eigenvalue weighted by atomic mass is 10.1. The van der Waals surface area contributed by atoms with Crippen LogP contribution < -0.4 is 28.4 Å². The maximum Gasteiger partial charge on any atom is 0.343 e. The van der Waals surface area contributed by atoms with Gasteiger partial charge >= 0.3 is 5.97 Å². The number of ether oxygens (including phenoxy) is 6. The Morgan fingerprint density at radius 1 is 0.794 bits per heavy atom. The van der Waals surface area contributed by atoms with Gasteiger partial charge < -0.3 is 28.4 Å². The topological polar surface area (TPSA) is 89.5 Å². The van der Waals surface area contributed by atoms with Gasteiger partial charge in [0.1, 0.15) is 17.2 Å². The summed E-state index contributed by atoms with van der Waals surface area (Å²) in [5, 5.41) is 0. The Kier molecular flexibility index (Phi) is 6.40. The van der Waals surface area contributed by atoms with Crippen molar-refractivity contribution in [1.82, 2.24) is 0 Å². The summed E-state index contributed by atoms with van der Waals surface area (Å²) in [5.74, 6) is 1.84. The van der Waals surface area contributed by atoms with Crippen molar-refractivity contribution >= 4 is 17.8 Å². The number of benzene rings is 3. The fourth-order valence-electron chi connectivity index (χ4n) is 3.44. The van der Waals surface area contributed by atoms with Crippen LogP contribution in [-0.4, -0.2) is 40.2 Å². The zero-order chi connectivity index (χ0) is 24.2. The first-order valence-electron chi connectivity index (χ1n) is 10.2. The van der Waals surface area contributed by atoms with E-state index in [1.165, 1.54) is 33.5 Å². The lowest BCUT2D eigenvalue weighted by molar-refractivity contribution is 0.0733. The third kappa shape index (κ3) is 4.38. The van der Waals surface area contributed by atoms with E-state index < -0.39 is 5.97 Å². The van der Waals surface area contributed by atoms with Crippen LogP contribution in [0.5, 0.6) is 34.5 Å². The summed E-state index contributed by atoms with van der Waals surface area (Å²) < 4.78 is 32.2. The van der Waals surface area contributed by atoms with Gasteiger partial charge in [-0.1, -0.05) is 12.1 Å². The minimum atomic E-state index is -0.593. The molecule has 8 nitrogen and oxygen atoms in total. The molecule has 0 bridgehead atoms. The first-order valence-corrected chi connectivity index (χ1v) is 10.2. The highest BCUT2D eigenvalue weighted by Gasteiger charge is 2.27. The van der Waals surface area contributed by atoms with E-state index >= 15 is 0 Å². The molecule has 8 heteroatoms. The minimum Gasteiger partial charge on any atom is -0.497 e. The monoisotopic (exact) mass is 462 g/mol. The van der Waals surface area contributed by atoms with Crippen molar-refractivity contribution in [3.63, 3.8) is 0 Å². The number of fused-ring (bicyclic) bond motifs is 1. The van der Waals surface area contributed by atoms with Crippen LogP contribution in [-0.2, 0) is 0 Å². The van der Waals surface area contributed by atoms with Gasteiger partial charge in [-0.3, -0.25) is 4.79 Å². The van der Waals surface area contributed by atoms with Crippen LogP contribution in [0.1, 0.15) is 26.3 Å². The third-order valence-corrected chi connectivity index (χ3v) is 5.17. The van der Waals surface area contributed by atoms with Gasteiger partial charge in [-0.25, -0.2) is 4.79 Å². The summed E-state index contributed by atoms with van der Waals surface area (Å²) in [4.78, 5) is 25.3. The van der Waals surface area contributed by atoms with Crippen LogP contribution in [0.4, 0.5) is 0 Å². The second-order valence-corrected chi connectivity index (χ2v) is 7.17. The van der Waals surface area contributed by atoms with Gasteiger partial charge in [0.25, 0.3) is 0 Å². The predicted octanol–water partition coefficient (Wildman–Crippen LogP) is 4.56. The zero-order valence-corrected chi connectivity index (χ0v) is 19.0. The van der Waals surface area contributed by atoms with E-state index in [1.54, 1.807) is 55.7 Å². The molecule has 1 heterocycles. The summed E-state index contributed by atoms with van der Waals surface area (Å²) >= 11 is 0. The lowest BCUT2D eigenvalue weighted by Crippen LogP contribution is -2.09. The number of allylic oxidation sites excluding steroid dienone is 1. The normalized spacial score (nSPS) is 13.2. The molecule has 0 saturated carbocycles. The van der Waals surface area contributed by atoms with E-state index in [2.05, 4.69) is 0 Å². The molecule has 0 aliphatic carbocycles. The van der Waals surface area contributed by atoms with E-state index in [4.69, 9.17) is 28.4 Å². The number of esters is 1. The van der Waals surface area contributed by atoms with E-state index in [0.29, 0.717) is 45.6 Å². The van der Waals surface area contributed by atoms with Gasteiger partial charge in [-0.2, -0.15) is 0 Å². The van der Waals surface area contributed by atoms with Crippen molar-refractivity contribution in [3.05, 3.63) is 77.0 Å². The van der Waals surface area contributed by atoms with Crippen molar-refractivity contribution in [2.45, 2.75) is 0 Å². The number of methoxy groups -OCH3 is 4. The third-order valence-electron chi connectivity index (χ3n) is 5.17. The molecular weight excluding hydrogens is 440 g/mol. The molecule has 0 spiro atoms.